The summed E-state index contributed by atoms with van der Waals surface area (Å²) in [5.41, 5.74) is 0. The van der Waals surface area contributed by atoms with Crippen LogP contribution in [-0.4, -0.2) is 20.5 Å². The minimum atomic E-state index is -0.688. The summed E-state index contributed by atoms with van der Waals surface area (Å²) in [4.78, 5) is 0. The molecule has 0 radical (unpaired) electrons. The summed E-state index contributed by atoms with van der Waals surface area (Å²) < 4.78 is 15.3. The SMILES string of the molecule is C=CCOB(O/C=C/C)OCC=C. The van der Waals surface area contributed by atoms with Crippen molar-refractivity contribution in [3.63, 3.8) is 0 Å². The zero-order valence-corrected chi connectivity index (χ0v) is 7.94. The van der Waals surface area contributed by atoms with Crippen molar-refractivity contribution in [2.45, 2.75) is 6.92 Å². The lowest BCUT2D eigenvalue weighted by molar-refractivity contribution is 0.150. The van der Waals surface area contributed by atoms with Crippen molar-refractivity contribution in [2.75, 3.05) is 13.2 Å². The van der Waals surface area contributed by atoms with Gasteiger partial charge in [-0.25, -0.2) is 0 Å². The topological polar surface area (TPSA) is 27.7 Å². The van der Waals surface area contributed by atoms with E-state index in [4.69, 9.17) is 14.0 Å². The van der Waals surface area contributed by atoms with Crippen LogP contribution in [0.3, 0.4) is 0 Å². The first-order chi connectivity index (χ1) is 6.35. The van der Waals surface area contributed by atoms with Crippen LogP contribution in [0, 0.1) is 0 Å². The van der Waals surface area contributed by atoms with Crippen LogP contribution < -0.4 is 0 Å². The van der Waals surface area contributed by atoms with Gasteiger partial charge in [0.2, 0.25) is 0 Å². The Morgan fingerprint density at radius 1 is 1.15 bits per heavy atom. The Bertz CT molecular complexity index is 156. The molecule has 0 aliphatic rings. The van der Waals surface area contributed by atoms with Crippen molar-refractivity contribution >= 4 is 7.32 Å². The highest BCUT2D eigenvalue weighted by Gasteiger charge is 2.20. The summed E-state index contributed by atoms with van der Waals surface area (Å²) >= 11 is 0. The van der Waals surface area contributed by atoms with Crippen molar-refractivity contribution in [2.24, 2.45) is 0 Å². The summed E-state index contributed by atoms with van der Waals surface area (Å²) in [6, 6.07) is 0. The molecule has 0 aromatic rings. The summed E-state index contributed by atoms with van der Waals surface area (Å²) in [6.45, 7) is 9.66. The van der Waals surface area contributed by atoms with Crippen LogP contribution >= 0.6 is 0 Å². The average Bonchev–Trinajstić information content (AvgIpc) is 2.17. The van der Waals surface area contributed by atoms with Gasteiger partial charge in [0.25, 0.3) is 0 Å². The van der Waals surface area contributed by atoms with E-state index in [1.54, 1.807) is 18.2 Å². The molecule has 0 N–H and O–H groups in total. The van der Waals surface area contributed by atoms with Crippen molar-refractivity contribution < 1.29 is 14.0 Å². The van der Waals surface area contributed by atoms with Crippen molar-refractivity contribution in [1.29, 1.82) is 0 Å². The fourth-order valence-corrected chi connectivity index (χ4v) is 0.563. The fourth-order valence-electron chi connectivity index (χ4n) is 0.563. The minimum Gasteiger partial charge on any atom is -0.518 e. The molecule has 0 aromatic heterocycles. The van der Waals surface area contributed by atoms with Gasteiger partial charge < -0.3 is 14.0 Å². The summed E-state index contributed by atoms with van der Waals surface area (Å²) in [6.07, 6.45) is 6.52. The van der Waals surface area contributed by atoms with Gasteiger partial charge in [-0.3, -0.25) is 0 Å². The van der Waals surface area contributed by atoms with E-state index in [0.29, 0.717) is 13.2 Å². The Kier molecular flexibility index (Phi) is 8.40. The second kappa shape index (κ2) is 9.10. The van der Waals surface area contributed by atoms with Gasteiger partial charge in [-0.1, -0.05) is 18.2 Å². The van der Waals surface area contributed by atoms with Gasteiger partial charge in [-0.15, -0.1) is 13.2 Å². The molecule has 72 valence electrons. The second-order valence-electron chi connectivity index (χ2n) is 2.14. The van der Waals surface area contributed by atoms with Gasteiger partial charge in [0.15, 0.2) is 0 Å². The maximum Gasteiger partial charge on any atom is 0.713 e. The Labute approximate surface area is 79.9 Å². The van der Waals surface area contributed by atoms with Crippen molar-refractivity contribution in [3.05, 3.63) is 37.6 Å². The van der Waals surface area contributed by atoms with Gasteiger partial charge in [-0.05, 0) is 6.92 Å². The molecule has 13 heavy (non-hydrogen) atoms. The smallest absolute Gasteiger partial charge is 0.518 e. The number of hydrogen-bond donors (Lipinski definition) is 0. The highest BCUT2D eigenvalue weighted by Crippen LogP contribution is 1.94. The normalized spacial score (nSPS) is 9.92. The predicted molar refractivity (Wildman–Crippen MR) is 54.0 cm³/mol. The molecular weight excluding hydrogens is 167 g/mol. The van der Waals surface area contributed by atoms with E-state index in [-0.39, 0.29) is 0 Å². The Balaban J connectivity index is 3.71. The van der Waals surface area contributed by atoms with Gasteiger partial charge in [-0.2, -0.15) is 0 Å². The summed E-state index contributed by atoms with van der Waals surface area (Å²) in [5.74, 6) is 0. The lowest BCUT2D eigenvalue weighted by Crippen LogP contribution is -2.25. The largest absolute Gasteiger partial charge is 0.713 e. The monoisotopic (exact) mass is 182 g/mol. The maximum absolute atomic E-state index is 5.13. The molecule has 0 bridgehead atoms. The molecular formula is C9H15BO3. The second-order valence-corrected chi connectivity index (χ2v) is 2.14. The average molecular weight is 182 g/mol. The van der Waals surface area contributed by atoms with Gasteiger partial charge in [0, 0.05) is 0 Å². The molecule has 0 fully saturated rings. The van der Waals surface area contributed by atoms with Crippen LogP contribution in [0.2, 0.25) is 0 Å². The Morgan fingerprint density at radius 3 is 2.08 bits per heavy atom. The molecule has 0 unspecified atom stereocenters. The molecule has 4 heteroatoms. The van der Waals surface area contributed by atoms with E-state index < -0.39 is 7.32 Å². The highest BCUT2D eigenvalue weighted by molar-refractivity contribution is 6.36. The third kappa shape index (κ3) is 7.37. The highest BCUT2D eigenvalue weighted by atomic mass is 16.7. The third-order valence-electron chi connectivity index (χ3n) is 1.03. The molecule has 0 saturated heterocycles. The lowest BCUT2D eigenvalue weighted by Gasteiger charge is -2.09. The van der Waals surface area contributed by atoms with Crippen LogP contribution in [-0.2, 0) is 14.0 Å². The van der Waals surface area contributed by atoms with Crippen LogP contribution in [0.1, 0.15) is 6.92 Å². The molecule has 0 aliphatic carbocycles. The van der Waals surface area contributed by atoms with Crippen LogP contribution in [0.25, 0.3) is 0 Å². The molecule has 0 amide bonds. The van der Waals surface area contributed by atoms with Crippen LogP contribution in [0.5, 0.6) is 0 Å². The quantitative estimate of drug-likeness (QED) is 0.326. The molecule has 0 aliphatic heterocycles. The molecule has 0 rings (SSSR count). The molecule has 0 saturated carbocycles. The van der Waals surface area contributed by atoms with E-state index in [1.807, 2.05) is 6.92 Å². The molecule has 0 heterocycles. The lowest BCUT2D eigenvalue weighted by atomic mass is 10.2. The first kappa shape index (κ1) is 12.0. The molecule has 0 spiro atoms. The van der Waals surface area contributed by atoms with E-state index in [9.17, 15) is 0 Å². The number of hydrogen-bond acceptors (Lipinski definition) is 3. The maximum atomic E-state index is 5.13. The van der Waals surface area contributed by atoms with Gasteiger partial charge in [0.1, 0.15) is 0 Å². The number of rotatable bonds is 8. The fraction of sp³-hybridized carbons (Fsp3) is 0.333. The first-order valence-corrected chi connectivity index (χ1v) is 4.06. The first-order valence-electron chi connectivity index (χ1n) is 4.06. The Hall–Kier alpha value is -0.995. The molecule has 3 nitrogen and oxygen atoms in total. The van der Waals surface area contributed by atoms with E-state index in [0.717, 1.165) is 0 Å². The van der Waals surface area contributed by atoms with Crippen LogP contribution in [0.4, 0.5) is 0 Å². The van der Waals surface area contributed by atoms with E-state index in [2.05, 4.69) is 13.2 Å². The van der Waals surface area contributed by atoms with Gasteiger partial charge in [0.05, 0.1) is 19.5 Å². The van der Waals surface area contributed by atoms with E-state index in [1.165, 1.54) is 6.26 Å². The zero-order valence-electron chi connectivity index (χ0n) is 7.94. The zero-order chi connectivity index (χ0) is 9.94. The summed E-state index contributed by atoms with van der Waals surface area (Å²) in [7, 11) is -0.688. The summed E-state index contributed by atoms with van der Waals surface area (Å²) in [5, 5.41) is 0. The van der Waals surface area contributed by atoms with Crippen LogP contribution in [0.15, 0.2) is 37.6 Å². The Morgan fingerprint density at radius 2 is 1.69 bits per heavy atom. The third-order valence-corrected chi connectivity index (χ3v) is 1.03. The van der Waals surface area contributed by atoms with E-state index >= 15 is 0 Å². The minimum absolute atomic E-state index is 0.388. The predicted octanol–water partition coefficient (Wildman–Crippen LogP) is 1.93. The van der Waals surface area contributed by atoms with Gasteiger partial charge >= 0.3 is 7.32 Å². The standard InChI is InChI=1S/C9H15BO3/c1-4-7-11-10(12-8-5-2)13-9-6-3/h4-6,9H,1-2,7-8H2,3H3/b9-6+. The number of allylic oxidation sites excluding steroid dienone is 1. The van der Waals surface area contributed by atoms with Crippen molar-refractivity contribution in [1.82, 2.24) is 0 Å². The van der Waals surface area contributed by atoms with Crippen molar-refractivity contribution in [3.8, 4) is 0 Å². The molecule has 0 atom stereocenters. The molecule has 0 aromatic carbocycles.